The average molecular weight is 357 g/mol. The van der Waals surface area contributed by atoms with Crippen molar-refractivity contribution in [2.45, 2.75) is 52.0 Å². The number of benzene rings is 1. The molecule has 3 rings (SSSR count). The van der Waals surface area contributed by atoms with E-state index in [0.29, 0.717) is 44.6 Å². The molecule has 5 heteroatoms. The van der Waals surface area contributed by atoms with Crippen molar-refractivity contribution < 1.29 is 9.59 Å². The molecule has 5 nitrogen and oxygen atoms in total. The second kappa shape index (κ2) is 8.56. The largest absolute Gasteiger partial charge is 0.339 e. The minimum atomic E-state index is 0.0365. The summed E-state index contributed by atoms with van der Waals surface area (Å²) in [6, 6.07) is 8.45. The fraction of sp³-hybridized carbons (Fsp3) is 0.619. The van der Waals surface area contributed by atoms with Gasteiger partial charge in [0.15, 0.2) is 0 Å². The first-order valence-electron chi connectivity index (χ1n) is 9.91. The molecule has 1 aliphatic carbocycles. The summed E-state index contributed by atoms with van der Waals surface area (Å²) in [5, 5.41) is 3.21. The molecule has 1 aromatic carbocycles. The van der Waals surface area contributed by atoms with E-state index in [4.69, 9.17) is 0 Å². The van der Waals surface area contributed by atoms with Crippen molar-refractivity contribution in [1.82, 2.24) is 15.1 Å². The van der Waals surface area contributed by atoms with Gasteiger partial charge < -0.3 is 15.1 Å². The molecule has 2 unspecified atom stereocenters. The van der Waals surface area contributed by atoms with Crippen molar-refractivity contribution in [2.24, 2.45) is 5.92 Å². The van der Waals surface area contributed by atoms with E-state index in [0.717, 1.165) is 12.0 Å². The number of piperazine rings is 1. The summed E-state index contributed by atoms with van der Waals surface area (Å²) in [4.78, 5) is 28.8. The molecule has 0 spiro atoms. The lowest BCUT2D eigenvalue weighted by atomic mass is 9.86. The minimum Gasteiger partial charge on any atom is -0.339 e. The number of rotatable bonds is 3. The maximum Gasteiger partial charge on any atom is 0.317 e. The average Bonchev–Trinajstić information content (AvgIpc) is 2.65. The van der Waals surface area contributed by atoms with Crippen LogP contribution in [0.4, 0.5) is 4.79 Å². The molecule has 1 saturated heterocycles. The summed E-state index contributed by atoms with van der Waals surface area (Å²) in [5.41, 5.74) is 2.25. The number of hydrogen-bond acceptors (Lipinski definition) is 2. The molecule has 142 valence electrons. The molecule has 2 atom stereocenters. The second-order valence-corrected chi connectivity index (χ2v) is 7.85. The zero-order valence-corrected chi connectivity index (χ0v) is 16.0. The highest BCUT2D eigenvalue weighted by Crippen LogP contribution is 2.24. The quantitative estimate of drug-likeness (QED) is 0.904. The number of carbonyl (C=O) groups excluding carboxylic acids is 2. The smallest absolute Gasteiger partial charge is 0.317 e. The number of aryl methyl sites for hydroxylation is 1. The molecule has 3 amide bonds. The van der Waals surface area contributed by atoms with E-state index < -0.39 is 0 Å². The number of amides is 3. The molecule has 1 saturated carbocycles. The Morgan fingerprint density at radius 2 is 1.62 bits per heavy atom. The Morgan fingerprint density at radius 3 is 2.27 bits per heavy atom. The zero-order valence-electron chi connectivity index (χ0n) is 16.0. The van der Waals surface area contributed by atoms with Gasteiger partial charge in [-0.1, -0.05) is 49.6 Å². The number of nitrogens with one attached hydrogen (secondary N) is 1. The van der Waals surface area contributed by atoms with Crippen LogP contribution in [0.25, 0.3) is 0 Å². The monoisotopic (exact) mass is 357 g/mol. The van der Waals surface area contributed by atoms with Crippen LogP contribution in [0.5, 0.6) is 0 Å². The van der Waals surface area contributed by atoms with E-state index in [1.807, 2.05) is 41.0 Å². The molecule has 0 bridgehead atoms. The van der Waals surface area contributed by atoms with Crippen LogP contribution in [0.2, 0.25) is 0 Å². The highest BCUT2D eigenvalue weighted by molar-refractivity contribution is 5.79. The molecule has 2 aliphatic rings. The molecule has 0 radical (unpaired) electrons. The van der Waals surface area contributed by atoms with E-state index >= 15 is 0 Å². The van der Waals surface area contributed by atoms with Crippen LogP contribution in [0, 0.1) is 12.8 Å². The van der Waals surface area contributed by atoms with Gasteiger partial charge in [-0.15, -0.1) is 0 Å². The third kappa shape index (κ3) is 4.77. The van der Waals surface area contributed by atoms with Crippen molar-refractivity contribution in [3.63, 3.8) is 0 Å². The van der Waals surface area contributed by atoms with E-state index in [2.05, 4.69) is 12.2 Å². The second-order valence-electron chi connectivity index (χ2n) is 7.85. The Balaban J connectivity index is 1.45. The normalized spacial score (nSPS) is 23.6. The Bertz CT molecular complexity index is 621. The van der Waals surface area contributed by atoms with E-state index in [9.17, 15) is 9.59 Å². The standard InChI is InChI=1S/C21H31N3O2/c1-16-7-9-18(10-8-16)15-20(25)23-11-13-24(14-12-23)21(26)22-19-6-4-3-5-17(19)2/h7-10,17,19H,3-6,11-15H2,1-2H3,(H,22,26). The third-order valence-corrected chi connectivity index (χ3v) is 5.82. The lowest BCUT2D eigenvalue weighted by molar-refractivity contribution is -0.131. The molecule has 1 N–H and O–H groups in total. The lowest BCUT2D eigenvalue weighted by Crippen LogP contribution is -2.55. The maximum atomic E-state index is 12.5. The highest BCUT2D eigenvalue weighted by Gasteiger charge is 2.28. The molecule has 0 aromatic heterocycles. The fourth-order valence-corrected chi connectivity index (χ4v) is 3.93. The van der Waals surface area contributed by atoms with Gasteiger partial charge in [-0.2, -0.15) is 0 Å². The van der Waals surface area contributed by atoms with E-state index in [1.54, 1.807) is 0 Å². The van der Waals surface area contributed by atoms with Crippen molar-refractivity contribution in [1.29, 1.82) is 0 Å². The van der Waals surface area contributed by atoms with Crippen LogP contribution >= 0.6 is 0 Å². The van der Waals surface area contributed by atoms with Gasteiger partial charge in [0, 0.05) is 32.2 Å². The summed E-state index contributed by atoms with van der Waals surface area (Å²) in [7, 11) is 0. The number of carbonyl (C=O) groups is 2. The fourth-order valence-electron chi connectivity index (χ4n) is 3.93. The van der Waals surface area contributed by atoms with Crippen molar-refractivity contribution in [2.75, 3.05) is 26.2 Å². The van der Waals surface area contributed by atoms with Crippen LogP contribution < -0.4 is 5.32 Å². The van der Waals surface area contributed by atoms with Crippen LogP contribution in [0.1, 0.15) is 43.7 Å². The van der Waals surface area contributed by atoms with Gasteiger partial charge in [-0.05, 0) is 31.2 Å². The minimum absolute atomic E-state index is 0.0365. The molecule has 1 heterocycles. The zero-order chi connectivity index (χ0) is 18.5. The van der Waals surface area contributed by atoms with Crippen molar-refractivity contribution in [3.8, 4) is 0 Å². The predicted molar refractivity (Wildman–Crippen MR) is 103 cm³/mol. The lowest BCUT2D eigenvalue weighted by Gasteiger charge is -2.37. The first-order valence-corrected chi connectivity index (χ1v) is 9.91. The first kappa shape index (κ1) is 18.7. The molecule has 26 heavy (non-hydrogen) atoms. The molecular weight excluding hydrogens is 326 g/mol. The first-order chi connectivity index (χ1) is 12.5. The number of nitrogens with zero attached hydrogens (tertiary/aromatic N) is 2. The van der Waals surface area contributed by atoms with Crippen LogP contribution in [0.3, 0.4) is 0 Å². The van der Waals surface area contributed by atoms with Gasteiger partial charge in [-0.25, -0.2) is 4.79 Å². The highest BCUT2D eigenvalue weighted by atomic mass is 16.2. The van der Waals surface area contributed by atoms with E-state index in [1.165, 1.54) is 24.8 Å². The van der Waals surface area contributed by atoms with Crippen molar-refractivity contribution >= 4 is 11.9 Å². The van der Waals surface area contributed by atoms with Gasteiger partial charge in [0.1, 0.15) is 0 Å². The SMILES string of the molecule is Cc1ccc(CC(=O)N2CCN(C(=O)NC3CCCCC3C)CC2)cc1. The molecule has 1 aromatic rings. The Morgan fingerprint density at radius 1 is 1.00 bits per heavy atom. The Labute approximate surface area is 156 Å². The Hall–Kier alpha value is -2.04. The summed E-state index contributed by atoms with van der Waals surface area (Å²) in [5.74, 6) is 0.708. The van der Waals surface area contributed by atoms with Crippen LogP contribution in [-0.4, -0.2) is 54.0 Å². The van der Waals surface area contributed by atoms with Gasteiger partial charge in [-0.3, -0.25) is 4.79 Å². The number of hydrogen-bond donors (Lipinski definition) is 1. The summed E-state index contributed by atoms with van der Waals surface area (Å²) in [6.45, 7) is 6.76. The van der Waals surface area contributed by atoms with Crippen LogP contribution in [0.15, 0.2) is 24.3 Å². The topological polar surface area (TPSA) is 52.7 Å². The summed E-state index contributed by atoms with van der Waals surface area (Å²) >= 11 is 0. The summed E-state index contributed by atoms with van der Waals surface area (Å²) in [6.07, 6.45) is 5.20. The van der Waals surface area contributed by atoms with Crippen LogP contribution in [-0.2, 0) is 11.2 Å². The van der Waals surface area contributed by atoms with Gasteiger partial charge in [0.25, 0.3) is 0 Å². The molecule has 2 fully saturated rings. The van der Waals surface area contributed by atoms with Gasteiger partial charge in [0.05, 0.1) is 6.42 Å². The van der Waals surface area contributed by atoms with Crippen molar-refractivity contribution in [3.05, 3.63) is 35.4 Å². The number of urea groups is 1. The summed E-state index contributed by atoms with van der Waals surface area (Å²) < 4.78 is 0. The molecule has 1 aliphatic heterocycles. The maximum absolute atomic E-state index is 12.5. The van der Waals surface area contributed by atoms with E-state index in [-0.39, 0.29) is 11.9 Å². The third-order valence-electron chi connectivity index (χ3n) is 5.82. The van der Waals surface area contributed by atoms with Gasteiger partial charge in [0.2, 0.25) is 5.91 Å². The Kier molecular flexibility index (Phi) is 6.17. The predicted octanol–water partition coefficient (Wildman–Crippen LogP) is 2.97. The molecular formula is C21H31N3O2. The van der Waals surface area contributed by atoms with Gasteiger partial charge >= 0.3 is 6.03 Å².